The monoisotopic (exact) mass is 255 g/mol. The summed E-state index contributed by atoms with van der Waals surface area (Å²) >= 11 is 3.41. The van der Waals surface area contributed by atoms with Gasteiger partial charge in [-0.15, -0.1) is 0 Å². The van der Waals surface area contributed by atoms with Gasteiger partial charge in [0.1, 0.15) is 5.78 Å². The van der Waals surface area contributed by atoms with E-state index >= 15 is 0 Å². The molecule has 0 amide bonds. The highest BCUT2D eigenvalue weighted by molar-refractivity contribution is 9.10. The average molecular weight is 256 g/mol. The highest BCUT2D eigenvalue weighted by Crippen LogP contribution is 2.16. The average Bonchev–Trinajstić information content (AvgIpc) is 2.07. The van der Waals surface area contributed by atoms with Crippen molar-refractivity contribution < 1.29 is 4.79 Å². The fourth-order valence-electron chi connectivity index (χ4n) is 1.29. The van der Waals surface area contributed by atoms with Gasteiger partial charge in [0.05, 0.1) is 0 Å². The van der Waals surface area contributed by atoms with Crippen LogP contribution in [0.15, 0.2) is 28.7 Å². The molecule has 0 bridgehead atoms. The SMILES string of the molecule is CC(N)CC(=O)Cc1ccccc1Br. The van der Waals surface area contributed by atoms with Crippen molar-refractivity contribution in [2.45, 2.75) is 25.8 Å². The molecular weight excluding hydrogens is 242 g/mol. The molecule has 2 N–H and O–H groups in total. The topological polar surface area (TPSA) is 43.1 Å². The lowest BCUT2D eigenvalue weighted by Gasteiger charge is -2.05. The summed E-state index contributed by atoms with van der Waals surface area (Å²) in [6.45, 7) is 1.85. The zero-order valence-electron chi connectivity index (χ0n) is 8.16. The number of halogens is 1. The Morgan fingerprint density at radius 1 is 1.50 bits per heavy atom. The lowest BCUT2D eigenvalue weighted by atomic mass is 10.0. The highest BCUT2D eigenvalue weighted by atomic mass is 79.9. The Morgan fingerprint density at radius 3 is 2.71 bits per heavy atom. The zero-order chi connectivity index (χ0) is 10.6. The van der Waals surface area contributed by atoms with Crippen molar-refractivity contribution >= 4 is 21.7 Å². The molecule has 1 rings (SSSR count). The third kappa shape index (κ3) is 3.60. The van der Waals surface area contributed by atoms with Crippen LogP contribution >= 0.6 is 15.9 Å². The lowest BCUT2D eigenvalue weighted by Crippen LogP contribution is -2.20. The second kappa shape index (κ2) is 5.27. The third-order valence-electron chi connectivity index (χ3n) is 1.90. The van der Waals surface area contributed by atoms with Gasteiger partial charge in [-0.25, -0.2) is 0 Å². The summed E-state index contributed by atoms with van der Waals surface area (Å²) in [7, 11) is 0. The van der Waals surface area contributed by atoms with E-state index in [1.807, 2.05) is 31.2 Å². The number of Topliss-reactive ketones (excluding diaryl/α,β-unsaturated/α-hetero) is 1. The number of carbonyl (C=O) groups is 1. The van der Waals surface area contributed by atoms with Crippen molar-refractivity contribution in [2.24, 2.45) is 5.73 Å². The molecule has 76 valence electrons. The number of ketones is 1. The van der Waals surface area contributed by atoms with E-state index in [-0.39, 0.29) is 11.8 Å². The molecule has 0 aliphatic rings. The van der Waals surface area contributed by atoms with Crippen LogP contribution in [0.1, 0.15) is 18.9 Å². The van der Waals surface area contributed by atoms with Gasteiger partial charge < -0.3 is 5.73 Å². The van der Waals surface area contributed by atoms with Gasteiger partial charge in [-0.1, -0.05) is 34.1 Å². The summed E-state index contributed by atoms with van der Waals surface area (Å²) < 4.78 is 0.984. The smallest absolute Gasteiger partial charge is 0.138 e. The molecule has 0 radical (unpaired) electrons. The molecule has 1 unspecified atom stereocenters. The van der Waals surface area contributed by atoms with Crippen molar-refractivity contribution in [3.63, 3.8) is 0 Å². The van der Waals surface area contributed by atoms with E-state index in [1.165, 1.54) is 0 Å². The summed E-state index contributed by atoms with van der Waals surface area (Å²) in [5.74, 6) is 0.187. The maximum Gasteiger partial charge on any atom is 0.138 e. The molecule has 0 aliphatic heterocycles. The van der Waals surface area contributed by atoms with Gasteiger partial charge >= 0.3 is 0 Å². The largest absolute Gasteiger partial charge is 0.328 e. The summed E-state index contributed by atoms with van der Waals surface area (Å²) in [6, 6.07) is 7.70. The number of hydrogen-bond acceptors (Lipinski definition) is 2. The molecule has 0 heterocycles. The first-order chi connectivity index (χ1) is 6.59. The van der Waals surface area contributed by atoms with Crippen LogP contribution in [0, 0.1) is 0 Å². The molecule has 0 aliphatic carbocycles. The minimum atomic E-state index is -0.0509. The molecule has 1 aromatic carbocycles. The molecule has 1 aromatic rings. The number of nitrogens with two attached hydrogens (primary N) is 1. The first-order valence-electron chi connectivity index (χ1n) is 4.60. The van der Waals surface area contributed by atoms with E-state index in [0.29, 0.717) is 12.8 Å². The van der Waals surface area contributed by atoms with Crippen molar-refractivity contribution in [3.8, 4) is 0 Å². The van der Waals surface area contributed by atoms with E-state index in [0.717, 1.165) is 10.0 Å². The molecule has 2 nitrogen and oxygen atoms in total. The maximum absolute atomic E-state index is 11.5. The van der Waals surface area contributed by atoms with Crippen LogP contribution in [0.3, 0.4) is 0 Å². The first kappa shape index (κ1) is 11.4. The molecule has 3 heteroatoms. The summed E-state index contributed by atoms with van der Waals surface area (Å²) in [6.07, 6.45) is 0.907. The second-order valence-electron chi connectivity index (χ2n) is 3.49. The number of benzene rings is 1. The number of rotatable bonds is 4. The first-order valence-corrected chi connectivity index (χ1v) is 5.39. The van der Waals surface area contributed by atoms with Crippen molar-refractivity contribution in [1.29, 1.82) is 0 Å². The van der Waals surface area contributed by atoms with Gasteiger partial charge in [0.15, 0.2) is 0 Å². The van der Waals surface area contributed by atoms with Crippen LogP contribution < -0.4 is 5.73 Å². The molecular formula is C11H14BrNO. The van der Waals surface area contributed by atoms with E-state index in [9.17, 15) is 4.79 Å². The summed E-state index contributed by atoms with van der Waals surface area (Å²) in [5.41, 5.74) is 6.58. The van der Waals surface area contributed by atoms with Crippen LogP contribution in [-0.4, -0.2) is 11.8 Å². The Balaban J connectivity index is 2.61. The zero-order valence-corrected chi connectivity index (χ0v) is 9.75. The minimum absolute atomic E-state index is 0.0509. The van der Waals surface area contributed by atoms with Crippen LogP contribution in [0.4, 0.5) is 0 Å². The van der Waals surface area contributed by atoms with Crippen LogP contribution in [-0.2, 0) is 11.2 Å². The summed E-state index contributed by atoms with van der Waals surface area (Å²) in [4.78, 5) is 11.5. The Labute approximate surface area is 92.6 Å². The lowest BCUT2D eigenvalue weighted by molar-refractivity contribution is -0.118. The van der Waals surface area contributed by atoms with E-state index < -0.39 is 0 Å². The van der Waals surface area contributed by atoms with Crippen LogP contribution in [0.2, 0.25) is 0 Å². The Bertz CT molecular complexity index is 323. The van der Waals surface area contributed by atoms with Gasteiger partial charge in [-0.05, 0) is 18.6 Å². The molecule has 0 saturated carbocycles. The molecule has 1 atom stereocenters. The Kier molecular flexibility index (Phi) is 4.29. The predicted octanol–water partition coefficient (Wildman–Crippen LogP) is 2.30. The Morgan fingerprint density at radius 2 is 2.14 bits per heavy atom. The molecule has 0 spiro atoms. The van der Waals surface area contributed by atoms with E-state index in [1.54, 1.807) is 0 Å². The van der Waals surface area contributed by atoms with Crippen molar-refractivity contribution in [2.75, 3.05) is 0 Å². The van der Waals surface area contributed by atoms with Gasteiger partial charge in [0.2, 0.25) is 0 Å². The van der Waals surface area contributed by atoms with Gasteiger partial charge in [0.25, 0.3) is 0 Å². The maximum atomic E-state index is 11.5. The van der Waals surface area contributed by atoms with Crippen LogP contribution in [0.5, 0.6) is 0 Å². The highest BCUT2D eigenvalue weighted by Gasteiger charge is 2.08. The Hall–Kier alpha value is -0.670. The third-order valence-corrected chi connectivity index (χ3v) is 2.67. The standard InChI is InChI=1S/C11H14BrNO/c1-8(13)6-10(14)7-9-4-2-3-5-11(9)12/h2-5,8H,6-7,13H2,1H3. The van der Waals surface area contributed by atoms with Crippen LogP contribution in [0.25, 0.3) is 0 Å². The normalized spacial score (nSPS) is 12.5. The minimum Gasteiger partial charge on any atom is -0.328 e. The molecule has 0 saturated heterocycles. The van der Waals surface area contributed by atoms with Gasteiger partial charge in [0, 0.05) is 23.4 Å². The fourth-order valence-corrected chi connectivity index (χ4v) is 1.71. The molecule has 0 fully saturated rings. The molecule has 14 heavy (non-hydrogen) atoms. The second-order valence-corrected chi connectivity index (χ2v) is 4.34. The molecule has 0 aromatic heterocycles. The predicted molar refractivity (Wildman–Crippen MR) is 61.1 cm³/mol. The number of carbonyl (C=O) groups excluding carboxylic acids is 1. The number of hydrogen-bond donors (Lipinski definition) is 1. The van der Waals surface area contributed by atoms with E-state index in [2.05, 4.69) is 15.9 Å². The van der Waals surface area contributed by atoms with Gasteiger partial charge in [-0.2, -0.15) is 0 Å². The van der Waals surface area contributed by atoms with E-state index in [4.69, 9.17) is 5.73 Å². The summed E-state index contributed by atoms with van der Waals surface area (Å²) in [5, 5.41) is 0. The van der Waals surface area contributed by atoms with Crippen molar-refractivity contribution in [1.82, 2.24) is 0 Å². The fraction of sp³-hybridized carbons (Fsp3) is 0.364. The quantitative estimate of drug-likeness (QED) is 0.898. The van der Waals surface area contributed by atoms with Crippen molar-refractivity contribution in [3.05, 3.63) is 34.3 Å². The van der Waals surface area contributed by atoms with Gasteiger partial charge in [-0.3, -0.25) is 4.79 Å².